The lowest BCUT2D eigenvalue weighted by atomic mass is 10.0. The number of nitrogens with zero attached hydrogens (tertiary/aromatic N) is 2. The standard InChI is InChI=1S/C27H26FN3O2/c1-2-3-4-7-19-10-12-20(13-11-19)18-25(32)30-31-26(21-14-16-22(28)17-15-21)29-24-9-6-5-8-23(24)27(31)33/h5-6,8-17H,2-4,7,18H2,1H3,(H,30,32). The van der Waals surface area contributed by atoms with Gasteiger partial charge >= 0.3 is 0 Å². The van der Waals surface area contributed by atoms with Crippen molar-refractivity contribution in [3.63, 3.8) is 0 Å². The molecule has 0 saturated carbocycles. The molecule has 0 bridgehead atoms. The molecule has 0 saturated heterocycles. The van der Waals surface area contributed by atoms with E-state index in [1.807, 2.05) is 24.3 Å². The molecule has 0 fully saturated rings. The molecular formula is C27H26FN3O2. The van der Waals surface area contributed by atoms with Crippen LogP contribution in [0.3, 0.4) is 0 Å². The molecule has 1 N–H and O–H groups in total. The van der Waals surface area contributed by atoms with Crippen LogP contribution in [0.4, 0.5) is 4.39 Å². The second-order valence-electron chi connectivity index (χ2n) is 8.09. The van der Waals surface area contributed by atoms with Gasteiger partial charge in [-0.3, -0.25) is 15.0 Å². The van der Waals surface area contributed by atoms with Crippen LogP contribution in [0.25, 0.3) is 22.3 Å². The highest BCUT2D eigenvalue weighted by molar-refractivity contribution is 5.87. The van der Waals surface area contributed by atoms with Gasteiger partial charge in [0.05, 0.1) is 17.3 Å². The van der Waals surface area contributed by atoms with E-state index in [1.165, 1.54) is 42.7 Å². The summed E-state index contributed by atoms with van der Waals surface area (Å²) in [5.41, 5.74) is 5.45. The van der Waals surface area contributed by atoms with Crippen LogP contribution in [0.15, 0.2) is 77.6 Å². The molecule has 1 amide bonds. The molecule has 6 heteroatoms. The minimum Gasteiger partial charge on any atom is -0.273 e. The minimum atomic E-state index is -0.393. The summed E-state index contributed by atoms with van der Waals surface area (Å²) in [6.07, 6.45) is 4.69. The summed E-state index contributed by atoms with van der Waals surface area (Å²) in [7, 11) is 0. The van der Waals surface area contributed by atoms with Gasteiger partial charge in [-0.05, 0) is 60.4 Å². The topological polar surface area (TPSA) is 64.0 Å². The molecule has 33 heavy (non-hydrogen) atoms. The molecule has 0 aliphatic carbocycles. The van der Waals surface area contributed by atoms with Crippen molar-refractivity contribution < 1.29 is 9.18 Å². The van der Waals surface area contributed by atoms with Gasteiger partial charge in [0.15, 0.2) is 5.82 Å². The summed E-state index contributed by atoms with van der Waals surface area (Å²) in [6.45, 7) is 2.18. The van der Waals surface area contributed by atoms with E-state index in [2.05, 4.69) is 17.3 Å². The van der Waals surface area contributed by atoms with Crippen LogP contribution in [0.1, 0.15) is 37.3 Å². The first-order valence-electron chi connectivity index (χ1n) is 11.2. The number of rotatable bonds is 8. The average molecular weight is 444 g/mol. The van der Waals surface area contributed by atoms with Crippen molar-refractivity contribution in [2.45, 2.75) is 39.0 Å². The van der Waals surface area contributed by atoms with Crippen molar-refractivity contribution >= 4 is 16.8 Å². The first-order chi connectivity index (χ1) is 16.0. The molecule has 0 aliphatic rings. The third-order valence-corrected chi connectivity index (χ3v) is 5.57. The largest absolute Gasteiger partial charge is 0.280 e. The Hall–Kier alpha value is -3.80. The number of para-hydroxylation sites is 1. The number of aromatic nitrogens is 2. The predicted molar refractivity (Wildman–Crippen MR) is 129 cm³/mol. The third kappa shape index (κ3) is 5.34. The van der Waals surface area contributed by atoms with E-state index in [0.29, 0.717) is 16.5 Å². The molecule has 4 aromatic rings. The zero-order valence-corrected chi connectivity index (χ0v) is 18.6. The number of hydrogen-bond donors (Lipinski definition) is 1. The van der Waals surface area contributed by atoms with Gasteiger partial charge in [-0.25, -0.2) is 9.37 Å². The summed E-state index contributed by atoms with van der Waals surface area (Å²) < 4.78 is 14.6. The third-order valence-electron chi connectivity index (χ3n) is 5.57. The van der Waals surface area contributed by atoms with E-state index in [0.717, 1.165) is 23.1 Å². The summed E-state index contributed by atoms with van der Waals surface area (Å²) in [4.78, 5) is 30.6. The number of amides is 1. The number of carbonyl (C=O) groups is 1. The minimum absolute atomic E-state index is 0.122. The van der Waals surface area contributed by atoms with Crippen LogP contribution in [0.2, 0.25) is 0 Å². The molecular weight excluding hydrogens is 417 g/mol. The SMILES string of the molecule is CCCCCc1ccc(CC(=O)Nn2c(-c3ccc(F)cc3)nc3ccccc3c2=O)cc1. The van der Waals surface area contributed by atoms with E-state index >= 15 is 0 Å². The Balaban J connectivity index is 1.60. The Morgan fingerprint density at radius 3 is 2.36 bits per heavy atom. The lowest BCUT2D eigenvalue weighted by molar-refractivity contribution is -0.116. The summed E-state index contributed by atoms with van der Waals surface area (Å²) in [5.74, 6) is -0.481. The highest BCUT2D eigenvalue weighted by Crippen LogP contribution is 2.19. The Labute approximate surface area is 191 Å². The van der Waals surface area contributed by atoms with E-state index in [1.54, 1.807) is 24.3 Å². The number of unbranched alkanes of at least 4 members (excludes halogenated alkanes) is 2. The van der Waals surface area contributed by atoms with Crippen LogP contribution < -0.4 is 11.0 Å². The van der Waals surface area contributed by atoms with Crippen molar-refractivity contribution in [1.29, 1.82) is 0 Å². The number of hydrogen-bond acceptors (Lipinski definition) is 3. The zero-order valence-electron chi connectivity index (χ0n) is 18.6. The van der Waals surface area contributed by atoms with Gasteiger partial charge in [0.25, 0.3) is 5.56 Å². The van der Waals surface area contributed by atoms with Crippen molar-refractivity contribution in [3.05, 3.63) is 100 Å². The van der Waals surface area contributed by atoms with Crippen LogP contribution >= 0.6 is 0 Å². The smallest absolute Gasteiger partial charge is 0.273 e. The lowest BCUT2D eigenvalue weighted by Gasteiger charge is -2.15. The van der Waals surface area contributed by atoms with E-state index in [9.17, 15) is 14.0 Å². The summed E-state index contributed by atoms with van der Waals surface area (Å²) >= 11 is 0. The van der Waals surface area contributed by atoms with Gasteiger partial charge in [0, 0.05) is 5.56 Å². The molecule has 3 aromatic carbocycles. The van der Waals surface area contributed by atoms with Crippen LogP contribution in [-0.4, -0.2) is 15.6 Å². The summed E-state index contributed by atoms with van der Waals surface area (Å²) in [6, 6.07) is 20.6. The first-order valence-corrected chi connectivity index (χ1v) is 11.2. The summed E-state index contributed by atoms with van der Waals surface area (Å²) in [5, 5.41) is 0.389. The van der Waals surface area contributed by atoms with Gasteiger partial charge in [-0.1, -0.05) is 56.2 Å². The number of fused-ring (bicyclic) bond motifs is 1. The van der Waals surface area contributed by atoms with Crippen LogP contribution in [-0.2, 0) is 17.6 Å². The van der Waals surface area contributed by atoms with E-state index in [-0.39, 0.29) is 23.7 Å². The number of benzene rings is 3. The van der Waals surface area contributed by atoms with Crippen molar-refractivity contribution in [2.24, 2.45) is 0 Å². The van der Waals surface area contributed by atoms with E-state index < -0.39 is 5.82 Å². The maximum absolute atomic E-state index is 13.4. The molecule has 0 spiro atoms. The van der Waals surface area contributed by atoms with Crippen molar-refractivity contribution in [1.82, 2.24) is 9.66 Å². The van der Waals surface area contributed by atoms with E-state index in [4.69, 9.17) is 0 Å². The molecule has 168 valence electrons. The maximum Gasteiger partial charge on any atom is 0.280 e. The molecule has 0 unspecified atom stereocenters. The van der Waals surface area contributed by atoms with Crippen LogP contribution in [0.5, 0.6) is 0 Å². The van der Waals surface area contributed by atoms with Gasteiger partial charge in [-0.15, -0.1) is 0 Å². The lowest BCUT2D eigenvalue weighted by Crippen LogP contribution is -2.35. The predicted octanol–water partition coefficient (Wildman–Crippen LogP) is 5.25. The van der Waals surface area contributed by atoms with Crippen molar-refractivity contribution in [3.8, 4) is 11.4 Å². The second-order valence-corrected chi connectivity index (χ2v) is 8.09. The maximum atomic E-state index is 13.4. The Morgan fingerprint density at radius 2 is 1.64 bits per heavy atom. The second kappa shape index (κ2) is 10.2. The average Bonchev–Trinajstić information content (AvgIpc) is 2.83. The number of aryl methyl sites for hydroxylation is 1. The highest BCUT2D eigenvalue weighted by Gasteiger charge is 2.15. The molecule has 0 radical (unpaired) electrons. The molecule has 4 rings (SSSR count). The normalized spacial score (nSPS) is 11.0. The van der Waals surface area contributed by atoms with Gasteiger partial charge in [0.1, 0.15) is 5.82 Å². The monoisotopic (exact) mass is 443 g/mol. The molecule has 0 atom stereocenters. The molecule has 1 aromatic heterocycles. The van der Waals surface area contributed by atoms with Crippen molar-refractivity contribution in [2.75, 3.05) is 5.43 Å². The highest BCUT2D eigenvalue weighted by atomic mass is 19.1. The van der Waals surface area contributed by atoms with Crippen LogP contribution in [0, 0.1) is 5.82 Å². The van der Waals surface area contributed by atoms with Gasteiger partial charge < -0.3 is 0 Å². The first kappa shape index (κ1) is 22.4. The quantitative estimate of drug-likeness (QED) is 0.379. The fraction of sp³-hybridized carbons (Fsp3) is 0.222. The molecule has 1 heterocycles. The van der Waals surface area contributed by atoms with Gasteiger partial charge in [0.2, 0.25) is 5.91 Å². The fourth-order valence-corrected chi connectivity index (χ4v) is 3.78. The Morgan fingerprint density at radius 1 is 0.939 bits per heavy atom. The Kier molecular flexibility index (Phi) is 6.93. The number of halogens is 1. The molecule has 0 aliphatic heterocycles. The Bertz CT molecular complexity index is 1310. The van der Waals surface area contributed by atoms with Gasteiger partial charge in [-0.2, -0.15) is 4.68 Å². The fourth-order valence-electron chi connectivity index (χ4n) is 3.78. The number of nitrogens with one attached hydrogen (secondary N) is 1. The molecule has 5 nitrogen and oxygen atoms in total. The number of carbonyl (C=O) groups excluding carboxylic acids is 1. The zero-order chi connectivity index (χ0) is 23.2.